The molecule has 84 valence electrons. The second-order valence-electron chi connectivity index (χ2n) is 3.48. The summed E-state index contributed by atoms with van der Waals surface area (Å²) in [5, 5.41) is 21.2. The molecule has 1 aliphatic carbocycles. The van der Waals surface area contributed by atoms with E-state index in [-0.39, 0.29) is 6.10 Å². The van der Waals surface area contributed by atoms with Crippen LogP contribution in [0.25, 0.3) is 0 Å². The summed E-state index contributed by atoms with van der Waals surface area (Å²) in [5.74, 6) is 0.305. The van der Waals surface area contributed by atoms with Gasteiger partial charge in [-0.05, 0) is 18.9 Å². The zero-order valence-corrected chi connectivity index (χ0v) is 8.16. The van der Waals surface area contributed by atoms with E-state index in [2.05, 4.69) is 0 Å². The minimum absolute atomic E-state index is 0.0982. The van der Waals surface area contributed by atoms with E-state index in [0.29, 0.717) is 5.75 Å². The van der Waals surface area contributed by atoms with Gasteiger partial charge in [0, 0.05) is 6.07 Å². The SMILES string of the molecule is O=[N+]([O-])c1ccc(OC2CC2)cc1[N+](=O)[O-]. The van der Waals surface area contributed by atoms with Crippen molar-refractivity contribution in [3.63, 3.8) is 0 Å². The number of hydrogen-bond donors (Lipinski definition) is 0. The summed E-state index contributed by atoms with van der Waals surface area (Å²) in [5.41, 5.74) is -1.06. The first-order valence-electron chi connectivity index (χ1n) is 4.67. The summed E-state index contributed by atoms with van der Waals surface area (Å²) in [6, 6.07) is 3.57. The van der Waals surface area contributed by atoms with Crippen molar-refractivity contribution in [1.29, 1.82) is 0 Å². The molecule has 0 saturated heterocycles. The maximum atomic E-state index is 10.6. The average molecular weight is 224 g/mol. The van der Waals surface area contributed by atoms with E-state index < -0.39 is 21.2 Å². The van der Waals surface area contributed by atoms with Gasteiger partial charge in [0.2, 0.25) is 0 Å². The van der Waals surface area contributed by atoms with Crippen LogP contribution in [-0.4, -0.2) is 16.0 Å². The molecule has 7 heteroatoms. The van der Waals surface area contributed by atoms with E-state index in [0.717, 1.165) is 25.0 Å². The molecule has 2 rings (SSSR count). The van der Waals surface area contributed by atoms with Gasteiger partial charge in [0.05, 0.1) is 22.0 Å². The molecular formula is C9H8N2O5. The Morgan fingerprint density at radius 3 is 2.25 bits per heavy atom. The molecule has 0 heterocycles. The van der Waals surface area contributed by atoms with Crippen LogP contribution in [0.2, 0.25) is 0 Å². The third kappa shape index (κ3) is 2.08. The number of benzene rings is 1. The number of nitrogens with zero attached hydrogens (tertiary/aromatic N) is 2. The van der Waals surface area contributed by atoms with Gasteiger partial charge in [-0.1, -0.05) is 0 Å². The number of nitro groups is 2. The Morgan fingerprint density at radius 2 is 1.75 bits per heavy atom. The molecule has 1 aliphatic rings. The lowest BCUT2D eigenvalue weighted by molar-refractivity contribution is -0.422. The molecule has 0 aliphatic heterocycles. The van der Waals surface area contributed by atoms with Crippen LogP contribution in [0.3, 0.4) is 0 Å². The molecule has 7 nitrogen and oxygen atoms in total. The van der Waals surface area contributed by atoms with E-state index in [1.54, 1.807) is 0 Å². The quantitative estimate of drug-likeness (QED) is 0.576. The van der Waals surface area contributed by atoms with Crippen LogP contribution < -0.4 is 4.74 Å². The first-order valence-corrected chi connectivity index (χ1v) is 4.67. The van der Waals surface area contributed by atoms with Crippen molar-refractivity contribution in [3.05, 3.63) is 38.4 Å². The smallest absolute Gasteiger partial charge is 0.349 e. The van der Waals surface area contributed by atoms with Crippen LogP contribution in [0.4, 0.5) is 11.4 Å². The van der Waals surface area contributed by atoms with E-state index in [4.69, 9.17) is 4.74 Å². The van der Waals surface area contributed by atoms with Crippen molar-refractivity contribution in [2.24, 2.45) is 0 Å². The van der Waals surface area contributed by atoms with Crippen LogP contribution in [0, 0.1) is 20.2 Å². The van der Waals surface area contributed by atoms with E-state index >= 15 is 0 Å². The lowest BCUT2D eigenvalue weighted by atomic mass is 10.2. The Bertz CT molecular complexity index is 455. The second-order valence-corrected chi connectivity index (χ2v) is 3.48. The molecular weight excluding hydrogens is 216 g/mol. The summed E-state index contributed by atoms with van der Waals surface area (Å²) in [4.78, 5) is 19.6. The number of hydrogen-bond acceptors (Lipinski definition) is 5. The lowest BCUT2D eigenvalue weighted by Gasteiger charge is -2.03. The molecule has 1 saturated carbocycles. The summed E-state index contributed by atoms with van der Waals surface area (Å²) in [7, 11) is 0. The summed E-state index contributed by atoms with van der Waals surface area (Å²) >= 11 is 0. The maximum absolute atomic E-state index is 10.6. The van der Waals surface area contributed by atoms with Crippen molar-refractivity contribution in [1.82, 2.24) is 0 Å². The van der Waals surface area contributed by atoms with E-state index in [9.17, 15) is 20.2 Å². The zero-order chi connectivity index (χ0) is 11.7. The Morgan fingerprint density at radius 1 is 1.12 bits per heavy atom. The largest absolute Gasteiger partial charge is 0.490 e. The molecule has 0 radical (unpaired) electrons. The van der Waals surface area contributed by atoms with Crippen molar-refractivity contribution in [2.45, 2.75) is 18.9 Å². The fourth-order valence-electron chi connectivity index (χ4n) is 1.26. The first-order chi connectivity index (χ1) is 7.58. The normalized spacial score (nSPS) is 14.5. The standard InChI is InChI=1S/C9H8N2O5/c12-10(13)8-4-3-7(16-6-1-2-6)5-9(8)11(14)15/h3-6H,1-2H2. The molecule has 0 bridgehead atoms. The van der Waals surface area contributed by atoms with Gasteiger partial charge in [-0.15, -0.1) is 0 Å². The fraction of sp³-hybridized carbons (Fsp3) is 0.333. The minimum Gasteiger partial charge on any atom is -0.490 e. The van der Waals surface area contributed by atoms with Gasteiger partial charge >= 0.3 is 11.4 Å². The van der Waals surface area contributed by atoms with Crippen molar-refractivity contribution in [2.75, 3.05) is 0 Å². The highest BCUT2D eigenvalue weighted by molar-refractivity contribution is 5.55. The van der Waals surface area contributed by atoms with Gasteiger partial charge in [-0.2, -0.15) is 0 Å². The predicted octanol–water partition coefficient (Wildman–Crippen LogP) is 2.04. The Labute approximate surface area is 89.9 Å². The van der Waals surface area contributed by atoms with Crippen LogP contribution in [0.1, 0.15) is 12.8 Å². The summed E-state index contributed by atoms with van der Waals surface area (Å²) < 4.78 is 5.32. The molecule has 16 heavy (non-hydrogen) atoms. The average Bonchev–Trinajstić information content (AvgIpc) is 3.01. The number of nitro benzene ring substituents is 2. The maximum Gasteiger partial charge on any atom is 0.349 e. The topological polar surface area (TPSA) is 95.5 Å². The molecule has 1 aromatic carbocycles. The highest BCUT2D eigenvalue weighted by atomic mass is 16.6. The second kappa shape index (κ2) is 3.76. The third-order valence-corrected chi connectivity index (χ3v) is 2.17. The molecule has 1 aromatic rings. The van der Waals surface area contributed by atoms with Gasteiger partial charge in [0.1, 0.15) is 5.75 Å². The number of rotatable bonds is 4. The Balaban J connectivity index is 2.34. The fourth-order valence-corrected chi connectivity index (χ4v) is 1.26. The first kappa shape index (κ1) is 10.3. The minimum atomic E-state index is -0.780. The molecule has 0 spiro atoms. The Kier molecular flexibility index (Phi) is 2.43. The van der Waals surface area contributed by atoms with Crippen molar-refractivity contribution in [3.8, 4) is 5.75 Å². The van der Waals surface area contributed by atoms with Crippen LogP contribution >= 0.6 is 0 Å². The molecule has 0 aromatic heterocycles. The highest BCUT2D eigenvalue weighted by Crippen LogP contribution is 2.33. The van der Waals surface area contributed by atoms with E-state index in [1.807, 2.05) is 0 Å². The number of ether oxygens (including phenoxy) is 1. The highest BCUT2D eigenvalue weighted by Gasteiger charge is 2.28. The monoisotopic (exact) mass is 224 g/mol. The van der Waals surface area contributed by atoms with Gasteiger partial charge in [0.25, 0.3) is 0 Å². The third-order valence-electron chi connectivity index (χ3n) is 2.17. The van der Waals surface area contributed by atoms with Crippen LogP contribution in [-0.2, 0) is 0 Å². The molecule has 0 N–H and O–H groups in total. The van der Waals surface area contributed by atoms with Crippen LogP contribution in [0.5, 0.6) is 5.75 Å². The molecule has 0 amide bonds. The molecule has 0 unspecified atom stereocenters. The van der Waals surface area contributed by atoms with E-state index in [1.165, 1.54) is 6.07 Å². The molecule has 1 fully saturated rings. The Hall–Kier alpha value is -2.18. The van der Waals surface area contributed by atoms with Gasteiger partial charge < -0.3 is 4.74 Å². The van der Waals surface area contributed by atoms with Gasteiger partial charge in [-0.25, -0.2) is 0 Å². The van der Waals surface area contributed by atoms with Crippen LogP contribution in [0.15, 0.2) is 18.2 Å². The summed E-state index contributed by atoms with van der Waals surface area (Å²) in [6.07, 6.45) is 1.94. The summed E-state index contributed by atoms with van der Waals surface area (Å²) in [6.45, 7) is 0. The lowest BCUT2D eigenvalue weighted by Crippen LogP contribution is -2.00. The van der Waals surface area contributed by atoms with Gasteiger partial charge in [-0.3, -0.25) is 20.2 Å². The van der Waals surface area contributed by atoms with Crippen molar-refractivity contribution >= 4 is 11.4 Å². The predicted molar refractivity (Wildman–Crippen MR) is 53.4 cm³/mol. The zero-order valence-electron chi connectivity index (χ0n) is 8.16. The van der Waals surface area contributed by atoms with Crippen molar-refractivity contribution < 1.29 is 14.6 Å². The molecule has 0 atom stereocenters. The van der Waals surface area contributed by atoms with Gasteiger partial charge in [0.15, 0.2) is 0 Å².